The van der Waals surface area contributed by atoms with E-state index in [-0.39, 0.29) is 46.4 Å². The summed E-state index contributed by atoms with van der Waals surface area (Å²) in [6.07, 6.45) is -0.707. The second-order valence-electron chi connectivity index (χ2n) is 6.52. The third-order valence-electron chi connectivity index (χ3n) is 4.78. The van der Waals surface area contributed by atoms with E-state index in [0.717, 1.165) is 13.1 Å². The smallest absolute Gasteiger partial charge is 0.198 e. The third-order valence-corrected chi connectivity index (χ3v) is 4.78. The lowest BCUT2D eigenvalue weighted by atomic mass is 9.83. The number of aliphatic hydroxyl groups excluding tert-OH is 1. The summed E-state index contributed by atoms with van der Waals surface area (Å²) < 4.78 is 5.58. The molecule has 1 aliphatic rings. The van der Waals surface area contributed by atoms with E-state index in [1.807, 2.05) is 13.8 Å². The van der Waals surface area contributed by atoms with Crippen molar-refractivity contribution >= 4 is 11.6 Å². The molecule has 6 nitrogen and oxygen atoms in total. The second-order valence-corrected chi connectivity index (χ2v) is 6.52. The summed E-state index contributed by atoms with van der Waals surface area (Å²) in [6.45, 7) is 6.16. The molecule has 142 valence electrons. The highest BCUT2D eigenvalue weighted by Gasteiger charge is 2.32. The van der Waals surface area contributed by atoms with Gasteiger partial charge >= 0.3 is 0 Å². The van der Waals surface area contributed by atoms with E-state index in [1.165, 1.54) is 12.1 Å². The minimum absolute atomic E-state index is 0.00487. The first kappa shape index (κ1) is 19.1. The van der Waals surface area contributed by atoms with Gasteiger partial charge in [-0.3, -0.25) is 9.59 Å². The van der Waals surface area contributed by atoms with Gasteiger partial charge in [0.15, 0.2) is 11.6 Å². The highest BCUT2D eigenvalue weighted by atomic mass is 16.5. The number of carbonyl (C=O) groups is 2. The largest absolute Gasteiger partial charge is 0.507 e. The number of likely N-dealkylation sites (N-methyl/N-ethyl adjacent to an activating group) is 1. The van der Waals surface area contributed by atoms with Crippen molar-refractivity contribution in [1.82, 2.24) is 4.90 Å². The molecule has 0 aromatic heterocycles. The summed E-state index contributed by atoms with van der Waals surface area (Å²) in [5.74, 6) is -0.769. The molecular formula is C21H23NO5. The molecular weight excluding hydrogens is 346 g/mol. The Hall–Kier alpha value is -2.70. The van der Waals surface area contributed by atoms with E-state index in [2.05, 4.69) is 4.90 Å². The fraction of sp³-hybridized carbons (Fsp3) is 0.333. The Bertz CT molecular complexity index is 873. The number of hydrogen-bond acceptors (Lipinski definition) is 6. The van der Waals surface area contributed by atoms with Crippen LogP contribution in [0.4, 0.5) is 0 Å². The molecule has 27 heavy (non-hydrogen) atoms. The Morgan fingerprint density at radius 2 is 1.63 bits per heavy atom. The average molecular weight is 369 g/mol. The third kappa shape index (κ3) is 3.72. The zero-order chi connectivity index (χ0) is 19.6. The molecule has 0 aliphatic heterocycles. The number of benzene rings is 2. The van der Waals surface area contributed by atoms with E-state index >= 15 is 0 Å². The first-order chi connectivity index (χ1) is 13.0. The molecule has 0 radical (unpaired) electrons. The van der Waals surface area contributed by atoms with Crippen molar-refractivity contribution in [1.29, 1.82) is 0 Å². The van der Waals surface area contributed by atoms with Crippen molar-refractivity contribution < 1.29 is 24.5 Å². The van der Waals surface area contributed by atoms with Gasteiger partial charge in [0, 0.05) is 29.3 Å². The number of phenolic OH excluding ortho intramolecular Hbond substituents is 1. The summed E-state index contributed by atoms with van der Waals surface area (Å²) in [5, 5.41) is 20.4. The van der Waals surface area contributed by atoms with Gasteiger partial charge in [0.05, 0.1) is 5.56 Å². The molecule has 1 atom stereocenters. The lowest BCUT2D eigenvalue weighted by Crippen LogP contribution is -2.35. The average Bonchev–Trinajstić information content (AvgIpc) is 2.68. The zero-order valence-corrected chi connectivity index (χ0v) is 15.4. The molecule has 0 saturated heterocycles. The lowest BCUT2D eigenvalue weighted by molar-refractivity contribution is 0.0714. The molecule has 0 fully saturated rings. The molecule has 0 bridgehead atoms. The monoisotopic (exact) mass is 369 g/mol. The van der Waals surface area contributed by atoms with Crippen molar-refractivity contribution in [3.63, 3.8) is 0 Å². The fourth-order valence-electron chi connectivity index (χ4n) is 3.29. The maximum Gasteiger partial charge on any atom is 0.198 e. The summed E-state index contributed by atoms with van der Waals surface area (Å²) in [7, 11) is 0. The molecule has 1 unspecified atom stereocenters. The zero-order valence-electron chi connectivity index (χ0n) is 15.4. The van der Waals surface area contributed by atoms with Crippen molar-refractivity contribution in [2.45, 2.75) is 20.0 Å². The number of fused-ring (bicyclic) bond motifs is 2. The second kappa shape index (κ2) is 7.90. The predicted octanol–water partition coefficient (Wildman–Crippen LogP) is 2.25. The van der Waals surface area contributed by atoms with Gasteiger partial charge in [0.25, 0.3) is 0 Å². The van der Waals surface area contributed by atoms with Gasteiger partial charge < -0.3 is 19.8 Å². The van der Waals surface area contributed by atoms with E-state index < -0.39 is 6.10 Å². The Labute approximate surface area is 158 Å². The molecule has 0 spiro atoms. The van der Waals surface area contributed by atoms with Crippen LogP contribution in [0.2, 0.25) is 0 Å². The van der Waals surface area contributed by atoms with Gasteiger partial charge in [-0.1, -0.05) is 38.1 Å². The highest BCUT2D eigenvalue weighted by Crippen LogP contribution is 2.35. The summed E-state index contributed by atoms with van der Waals surface area (Å²) in [5.41, 5.74) is 0.711. The van der Waals surface area contributed by atoms with Gasteiger partial charge in [-0.15, -0.1) is 0 Å². The van der Waals surface area contributed by atoms with Crippen molar-refractivity contribution in [2.24, 2.45) is 0 Å². The number of nitrogens with zero attached hydrogens (tertiary/aromatic N) is 1. The molecule has 0 saturated carbocycles. The minimum atomic E-state index is -0.707. The summed E-state index contributed by atoms with van der Waals surface area (Å²) in [6, 6.07) is 9.31. The number of phenols is 1. The Morgan fingerprint density at radius 3 is 2.26 bits per heavy atom. The maximum absolute atomic E-state index is 12.7. The van der Waals surface area contributed by atoms with Crippen molar-refractivity contribution in [3.8, 4) is 11.5 Å². The molecule has 2 aromatic carbocycles. The number of ketones is 2. The Morgan fingerprint density at radius 1 is 1.00 bits per heavy atom. The predicted molar refractivity (Wildman–Crippen MR) is 101 cm³/mol. The number of hydrogen-bond donors (Lipinski definition) is 2. The number of rotatable bonds is 7. The van der Waals surface area contributed by atoms with Crippen LogP contribution >= 0.6 is 0 Å². The fourth-order valence-corrected chi connectivity index (χ4v) is 3.29. The van der Waals surface area contributed by atoms with Crippen LogP contribution in [0.5, 0.6) is 11.5 Å². The van der Waals surface area contributed by atoms with Crippen LogP contribution in [0.15, 0.2) is 36.4 Å². The minimum Gasteiger partial charge on any atom is -0.507 e. The van der Waals surface area contributed by atoms with Gasteiger partial charge in [0.1, 0.15) is 24.2 Å². The van der Waals surface area contributed by atoms with Crippen molar-refractivity contribution in [2.75, 3.05) is 26.2 Å². The first-order valence-corrected chi connectivity index (χ1v) is 9.04. The maximum atomic E-state index is 12.7. The first-order valence-electron chi connectivity index (χ1n) is 9.04. The highest BCUT2D eigenvalue weighted by molar-refractivity contribution is 6.29. The Balaban J connectivity index is 1.82. The molecule has 2 aromatic rings. The Kier molecular flexibility index (Phi) is 5.58. The quantitative estimate of drug-likeness (QED) is 0.664. The summed E-state index contributed by atoms with van der Waals surface area (Å²) in [4.78, 5) is 27.5. The van der Waals surface area contributed by atoms with Gasteiger partial charge in [-0.2, -0.15) is 0 Å². The SMILES string of the molecule is CCN(CC)CC(O)COc1cc(O)c2c(c1)C(=O)c1ccccc1C2=O. The van der Waals surface area contributed by atoms with Crippen LogP contribution in [0.1, 0.15) is 45.7 Å². The van der Waals surface area contributed by atoms with Crippen molar-refractivity contribution in [3.05, 3.63) is 58.7 Å². The van der Waals surface area contributed by atoms with Gasteiger partial charge in [-0.05, 0) is 19.2 Å². The van der Waals surface area contributed by atoms with E-state index in [4.69, 9.17) is 4.74 Å². The van der Waals surface area contributed by atoms with E-state index in [9.17, 15) is 19.8 Å². The molecule has 1 aliphatic carbocycles. The van der Waals surface area contributed by atoms with Crippen LogP contribution < -0.4 is 4.74 Å². The number of aliphatic hydroxyl groups is 1. The van der Waals surface area contributed by atoms with Crippen LogP contribution in [-0.4, -0.2) is 59.0 Å². The topological polar surface area (TPSA) is 87.1 Å². The lowest BCUT2D eigenvalue weighted by Gasteiger charge is -2.22. The molecule has 0 heterocycles. The van der Waals surface area contributed by atoms with Gasteiger partial charge in [-0.25, -0.2) is 0 Å². The van der Waals surface area contributed by atoms with Crippen LogP contribution in [0.25, 0.3) is 0 Å². The molecule has 3 rings (SSSR count). The number of carbonyl (C=O) groups excluding carboxylic acids is 2. The van der Waals surface area contributed by atoms with E-state index in [1.54, 1.807) is 24.3 Å². The molecule has 6 heteroatoms. The van der Waals surface area contributed by atoms with Gasteiger partial charge in [0.2, 0.25) is 0 Å². The normalized spacial score (nSPS) is 14.1. The molecule has 2 N–H and O–H groups in total. The standard InChI is InChI=1S/C21H23NO5/c1-3-22(4-2)11-13(23)12-27-14-9-17-19(18(24)10-14)21(26)16-8-6-5-7-15(16)20(17)25/h5-10,13,23-24H,3-4,11-12H2,1-2H3. The van der Waals surface area contributed by atoms with Crippen LogP contribution in [0, 0.1) is 0 Å². The molecule has 0 amide bonds. The summed E-state index contributed by atoms with van der Waals surface area (Å²) >= 11 is 0. The number of ether oxygens (including phenoxy) is 1. The van der Waals surface area contributed by atoms with E-state index in [0.29, 0.717) is 12.1 Å². The van der Waals surface area contributed by atoms with Crippen LogP contribution in [-0.2, 0) is 0 Å². The van der Waals surface area contributed by atoms with Crippen LogP contribution in [0.3, 0.4) is 0 Å². The number of aromatic hydroxyl groups is 1.